The van der Waals surface area contributed by atoms with Gasteiger partial charge in [0.25, 0.3) is 0 Å². The van der Waals surface area contributed by atoms with Crippen molar-refractivity contribution in [3.63, 3.8) is 0 Å². The van der Waals surface area contributed by atoms with Crippen molar-refractivity contribution in [1.29, 1.82) is 0 Å². The van der Waals surface area contributed by atoms with Crippen molar-refractivity contribution in [1.82, 2.24) is 10.6 Å². The number of aliphatic hydroxyl groups excluding tert-OH is 3. The quantitative estimate of drug-likeness (QED) is 0.288. The highest BCUT2D eigenvalue weighted by Gasteiger charge is 2.44. The van der Waals surface area contributed by atoms with E-state index in [1.165, 1.54) is 58.3 Å². The van der Waals surface area contributed by atoms with Gasteiger partial charge < -0.3 is 25.4 Å². The predicted octanol–water partition coefficient (Wildman–Crippen LogP) is 1.44. The van der Waals surface area contributed by atoms with Crippen LogP contribution in [0.4, 0.5) is 0 Å². The van der Waals surface area contributed by atoms with Crippen LogP contribution < -0.4 is 10.6 Å². The molecule has 0 aromatic rings. The maximum atomic E-state index is 11.4. The third-order valence-electron chi connectivity index (χ3n) is 5.17. The zero-order valence-electron chi connectivity index (χ0n) is 17.0. The predicted molar refractivity (Wildman–Crippen MR) is 105 cm³/mol. The van der Waals surface area contributed by atoms with Crippen molar-refractivity contribution in [2.24, 2.45) is 0 Å². The number of amides is 1. The van der Waals surface area contributed by atoms with E-state index in [-0.39, 0.29) is 12.5 Å². The molecule has 0 spiro atoms. The molecule has 0 aliphatic carbocycles. The molecule has 1 rings (SSSR count). The number of hydrogen-bond acceptors (Lipinski definition) is 6. The highest BCUT2D eigenvalue weighted by atomic mass is 16.5. The second-order valence-corrected chi connectivity index (χ2v) is 7.62. The van der Waals surface area contributed by atoms with Gasteiger partial charge in [0, 0.05) is 6.92 Å². The summed E-state index contributed by atoms with van der Waals surface area (Å²) in [6, 6.07) is -0.747. The van der Waals surface area contributed by atoms with Crippen LogP contribution >= 0.6 is 0 Å². The van der Waals surface area contributed by atoms with Gasteiger partial charge in [-0.1, -0.05) is 64.7 Å². The molecule has 1 saturated heterocycles. The van der Waals surface area contributed by atoms with Crippen LogP contribution in [0.25, 0.3) is 0 Å². The number of ether oxygens (including phenoxy) is 1. The number of rotatable bonds is 14. The van der Waals surface area contributed by atoms with Crippen LogP contribution in [0.3, 0.4) is 0 Å². The summed E-state index contributed by atoms with van der Waals surface area (Å²) in [5.41, 5.74) is 0. The van der Waals surface area contributed by atoms with Gasteiger partial charge in [-0.05, 0) is 13.0 Å². The Morgan fingerprint density at radius 1 is 0.926 bits per heavy atom. The summed E-state index contributed by atoms with van der Waals surface area (Å²) < 4.78 is 5.64. The lowest BCUT2D eigenvalue weighted by molar-refractivity contribution is -0.202. The highest BCUT2D eigenvalue weighted by molar-refractivity contribution is 5.73. The van der Waals surface area contributed by atoms with Gasteiger partial charge in [0.1, 0.15) is 24.5 Å². The first-order valence-corrected chi connectivity index (χ1v) is 10.6. The lowest BCUT2D eigenvalue weighted by atomic mass is 9.96. The summed E-state index contributed by atoms with van der Waals surface area (Å²) in [4.78, 5) is 11.4. The Labute approximate surface area is 163 Å². The number of aliphatic hydroxyl groups is 3. The average molecular weight is 389 g/mol. The maximum Gasteiger partial charge on any atom is 0.217 e. The third kappa shape index (κ3) is 9.34. The molecule has 7 nitrogen and oxygen atoms in total. The minimum absolute atomic E-state index is 0.303. The van der Waals surface area contributed by atoms with E-state index in [0.717, 1.165) is 12.8 Å². The van der Waals surface area contributed by atoms with E-state index in [2.05, 4.69) is 17.6 Å². The molecule has 27 heavy (non-hydrogen) atoms. The molecule has 1 unspecified atom stereocenters. The first-order chi connectivity index (χ1) is 13.0. The van der Waals surface area contributed by atoms with E-state index in [1.807, 2.05) is 0 Å². The summed E-state index contributed by atoms with van der Waals surface area (Å²) in [6.45, 7) is 3.90. The smallest absolute Gasteiger partial charge is 0.217 e. The van der Waals surface area contributed by atoms with Crippen LogP contribution in [0.1, 0.15) is 78.1 Å². The number of hydrogen-bond donors (Lipinski definition) is 5. The summed E-state index contributed by atoms with van der Waals surface area (Å²) >= 11 is 0. The Kier molecular flexibility index (Phi) is 12.9. The molecular formula is C20H40N2O5. The summed E-state index contributed by atoms with van der Waals surface area (Å²) in [5.74, 6) is -0.303. The standard InChI is InChI=1S/C20H40N2O5/c1-3-4-5-6-7-8-9-10-11-12-13-21-20-17(22-15(2)24)19(26)18(25)16(14-23)27-20/h16-21,23,25-26H,3-14H2,1-2H3,(H,22,24)/t16-,17-,18-,19-,20?/m1/s1. The summed E-state index contributed by atoms with van der Waals surface area (Å²) in [5, 5.41) is 35.4. The third-order valence-corrected chi connectivity index (χ3v) is 5.17. The van der Waals surface area contributed by atoms with Crippen molar-refractivity contribution < 1.29 is 24.9 Å². The van der Waals surface area contributed by atoms with Gasteiger partial charge in [-0.2, -0.15) is 0 Å². The van der Waals surface area contributed by atoms with E-state index in [0.29, 0.717) is 6.54 Å². The van der Waals surface area contributed by atoms with Gasteiger partial charge in [-0.3, -0.25) is 10.1 Å². The largest absolute Gasteiger partial charge is 0.394 e. The minimum Gasteiger partial charge on any atom is -0.394 e. The molecule has 0 saturated carbocycles. The van der Waals surface area contributed by atoms with E-state index in [1.54, 1.807) is 0 Å². The fraction of sp³-hybridized carbons (Fsp3) is 0.950. The Morgan fingerprint density at radius 2 is 1.48 bits per heavy atom. The van der Waals surface area contributed by atoms with Gasteiger partial charge in [0.2, 0.25) is 5.91 Å². The molecule has 1 fully saturated rings. The van der Waals surface area contributed by atoms with Gasteiger partial charge in [-0.25, -0.2) is 0 Å². The molecule has 0 radical (unpaired) electrons. The second-order valence-electron chi connectivity index (χ2n) is 7.62. The fourth-order valence-electron chi connectivity index (χ4n) is 3.54. The van der Waals surface area contributed by atoms with E-state index < -0.39 is 30.6 Å². The zero-order chi connectivity index (χ0) is 20.1. The van der Waals surface area contributed by atoms with Crippen LogP contribution in [0.2, 0.25) is 0 Å². The van der Waals surface area contributed by atoms with Crippen molar-refractivity contribution >= 4 is 5.91 Å². The van der Waals surface area contributed by atoms with E-state index >= 15 is 0 Å². The Bertz CT molecular complexity index is 397. The monoisotopic (exact) mass is 388 g/mol. The lowest BCUT2D eigenvalue weighted by Crippen LogP contribution is -2.67. The number of unbranched alkanes of at least 4 members (excludes halogenated alkanes) is 9. The summed E-state index contributed by atoms with van der Waals surface area (Å²) in [6.07, 6.45) is 8.60. The first kappa shape index (κ1) is 24.3. The molecular weight excluding hydrogens is 348 g/mol. The highest BCUT2D eigenvalue weighted by Crippen LogP contribution is 2.20. The van der Waals surface area contributed by atoms with Gasteiger partial charge in [0.15, 0.2) is 0 Å². The maximum absolute atomic E-state index is 11.4. The molecule has 1 heterocycles. The normalized spacial score (nSPS) is 28.3. The summed E-state index contributed by atoms with van der Waals surface area (Å²) in [7, 11) is 0. The van der Waals surface area contributed by atoms with Crippen LogP contribution in [0.15, 0.2) is 0 Å². The molecule has 5 N–H and O–H groups in total. The van der Waals surface area contributed by atoms with Crippen LogP contribution in [0.5, 0.6) is 0 Å². The van der Waals surface area contributed by atoms with Gasteiger partial charge >= 0.3 is 0 Å². The van der Waals surface area contributed by atoms with Crippen LogP contribution in [-0.2, 0) is 9.53 Å². The SMILES string of the molecule is CCCCCCCCCCCCNC1O[C@H](CO)[C@@H](O)[C@H](O)[C@H]1NC(C)=O. The Morgan fingerprint density at radius 3 is 2.00 bits per heavy atom. The number of carbonyl (C=O) groups excluding carboxylic acids is 1. The van der Waals surface area contributed by atoms with Crippen molar-refractivity contribution in [2.75, 3.05) is 13.2 Å². The Balaban J connectivity index is 2.23. The van der Waals surface area contributed by atoms with Gasteiger partial charge in [0.05, 0.1) is 12.6 Å². The van der Waals surface area contributed by atoms with E-state index in [4.69, 9.17) is 4.74 Å². The van der Waals surface area contributed by atoms with Crippen molar-refractivity contribution in [2.45, 2.75) is 109 Å². The zero-order valence-corrected chi connectivity index (χ0v) is 17.0. The molecule has 1 amide bonds. The van der Waals surface area contributed by atoms with Crippen molar-refractivity contribution in [3.8, 4) is 0 Å². The first-order valence-electron chi connectivity index (χ1n) is 10.6. The average Bonchev–Trinajstić information content (AvgIpc) is 2.64. The van der Waals surface area contributed by atoms with Crippen LogP contribution in [-0.4, -0.2) is 65.0 Å². The van der Waals surface area contributed by atoms with Gasteiger partial charge in [-0.15, -0.1) is 0 Å². The second kappa shape index (κ2) is 14.3. The molecule has 160 valence electrons. The molecule has 5 atom stereocenters. The molecule has 0 aromatic heterocycles. The number of carbonyl (C=O) groups is 1. The molecule has 0 bridgehead atoms. The van der Waals surface area contributed by atoms with Crippen molar-refractivity contribution in [3.05, 3.63) is 0 Å². The van der Waals surface area contributed by atoms with E-state index in [9.17, 15) is 20.1 Å². The fourth-order valence-corrected chi connectivity index (χ4v) is 3.54. The minimum atomic E-state index is -1.23. The lowest BCUT2D eigenvalue weighted by Gasteiger charge is -2.42. The van der Waals surface area contributed by atoms with Crippen LogP contribution in [0, 0.1) is 0 Å². The molecule has 7 heteroatoms. The Hall–Kier alpha value is -0.730. The molecule has 1 aliphatic rings. The molecule has 1 aliphatic heterocycles. The number of nitrogens with one attached hydrogen (secondary N) is 2. The molecule has 0 aromatic carbocycles. The topological polar surface area (TPSA) is 111 Å².